The molecule has 1 heterocycles. The fraction of sp³-hybridized carbons (Fsp3) is 0.222. The molecule has 24 heavy (non-hydrogen) atoms. The SMILES string of the molecule is CCCc1c[nH]c2c(NS(=O)(=O)c3ccc(OC)cc3)cccc12. The van der Waals surface area contributed by atoms with Gasteiger partial charge in [-0.25, -0.2) is 8.42 Å². The average molecular weight is 344 g/mol. The van der Waals surface area contributed by atoms with Crippen LogP contribution in [-0.2, 0) is 16.4 Å². The minimum atomic E-state index is -3.66. The third-order valence-corrected chi connectivity index (χ3v) is 5.32. The molecule has 3 rings (SSSR count). The Hall–Kier alpha value is -2.47. The number of anilines is 1. The number of methoxy groups -OCH3 is 1. The first kappa shape index (κ1) is 16.4. The van der Waals surface area contributed by atoms with Crippen LogP contribution < -0.4 is 9.46 Å². The third kappa shape index (κ3) is 3.10. The number of sulfonamides is 1. The normalized spacial score (nSPS) is 11.6. The van der Waals surface area contributed by atoms with Crippen LogP contribution in [0.15, 0.2) is 53.6 Å². The highest BCUT2D eigenvalue weighted by atomic mass is 32.2. The van der Waals surface area contributed by atoms with Crippen molar-refractivity contribution in [3.05, 3.63) is 54.2 Å². The van der Waals surface area contributed by atoms with Gasteiger partial charge in [-0.15, -0.1) is 0 Å². The van der Waals surface area contributed by atoms with E-state index in [0.717, 1.165) is 23.7 Å². The number of fused-ring (bicyclic) bond motifs is 1. The minimum Gasteiger partial charge on any atom is -0.497 e. The van der Waals surface area contributed by atoms with Crippen LogP contribution in [0.2, 0.25) is 0 Å². The zero-order valence-electron chi connectivity index (χ0n) is 13.7. The summed E-state index contributed by atoms with van der Waals surface area (Å²) >= 11 is 0. The van der Waals surface area contributed by atoms with Crippen LogP contribution in [0.4, 0.5) is 5.69 Å². The molecule has 1 aromatic heterocycles. The van der Waals surface area contributed by atoms with Crippen molar-refractivity contribution in [2.24, 2.45) is 0 Å². The first-order chi connectivity index (χ1) is 11.5. The highest BCUT2D eigenvalue weighted by Gasteiger charge is 2.16. The molecule has 0 aliphatic heterocycles. The largest absolute Gasteiger partial charge is 0.497 e. The highest BCUT2D eigenvalue weighted by Crippen LogP contribution is 2.28. The van der Waals surface area contributed by atoms with Crippen molar-refractivity contribution in [3.8, 4) is 5.75 Å². The lowest BCUT2D eigenvalue weighted by Gasteiger charge is -2.10. The van der Waals surface area contributed by atoms with Gasteiger partial charge in [0.05, 0.1) is 23.2 Å². The molecule has 0 saturated carbocycles. The molecule has 0 aliphatic rings. The van der Waals surface area contributed by atoms with Gasteiger partial charge >= 0.3 is 0 Å². The predicted molar refractivity (Wildman–Crippen MR) is 96.1 cm³/mol. The van der Waals surface area contributed by atoms with Gasteiger partial charge in [0.25, 0.3) is 10.0 Å². The van der Waals surface area contributed by atoms with Crippen molar-refractivity contribution in [2.75, 3.05) is 11.8 Å². The summed E-state index contributed by atoms with van der Waals surface area (Å²) < 4.78 is 33.0. The van der Waals surface area contributed by atoms with Crippen LogP contribution in [-0.4, -0.2) is 20.5 Å². The lowest BCUT2D eigenvalue weighted by Crippen LogP contribution is -2.13. The number of aromatic nitrogens is 1. The van der Waals surface area contributed by atoms with E-state index in [1.54, 1.807) is 25.3 Å². The molecule has 6 heteroatoms. The molecule has 0 saturated heterocycles. The van der Waals surface area contributed by atoms with Gasteiger partial charge in [0.15, 0.2) is 0 Å². The standard InChI is InChI=1S/C18H20N2O3S/c1-3-5-13-12-19-18-16(13)6-4-7-17(18)20-24(21,22)15-10-8-14(23-2)9-11-15/h4,6-12,19-20H,3,5H2,1-2H3. The Morgan fingerprint density at radius 3 is 2.54 bits per heavy atom. The first-order valence-corrected chi connectivity index (χ1v) is 9.29. The van der Waals surface area contributed by atoms with Gasteiger partial charge in [0.1, 0.15) is 5.75 Å². The minimum absolute atomic E-state index is 0.195. The molecule has 2 aromatic carbocycles. The van der Waals surface area contributed by atoms with Crippen LogP contribution in [0.25, 0.3) is 10.9 Å². The van der Waals surface area contributed by atoms with Gasteiger partial charge in [-0.05, 0) is 42.3 Å². The van der Waals surface area contributed by atoms with Crippen LogP contribution in [0.3, 0.4) is 0 Å². The van der Waals surface area contributed by atoms with Crippen molar-refractivity contribution in [2.45, 2.75) is 24.7 Å². The Morgan fingerprint density at radius 2 is 1.88 bits per heavy atom. The fourth-order valence-electron chi connectivity index (χ4n) is 2.73. The second-order valence-corrected chi connectivity index (χ2v) is 7.26. The molecular weight excluding hydrogens is 324 g/mol. The summed E-state index contributed by atoms with van der Waals surface area (Å²) in [5.41, 5.74) is 2.54. The Labute approximate surface area is 141 Å². The molecular formula is C18H20N2O3S. The van der Waals surface area contributed by atoms with Crippen molar-refractivity contribution in [1.82, 2.24) is 4.98 Å². The summed E-state index contributed by atoms with van der Waals surface area (Å²) in [6.07, 6.45) is 3.93. The predicted octanol–water partition coefficient (Wildman–Crippen LogP) is 3.93. The van der Waals surface area contributed by atoms with E-state index in [-0.39, 0.29) is 4.90 Å². The molecule has 0 atom stereocenters. The Balaban J connectivity index is 1.96. The second kappa shape index (κ2) is 6.57. The van der Waals surface area contributed by atoms with Gasteiger partial charge in [-0.2, -0.15) is 0 Å². The number of H-pyrrole nitrogens is 1. The number of nitrogens with one attached hydrogen (secondary N) is 2. The molecule has 0 spiro atoms. The number of aryl methyl sites for hydroxylation is 1. The Kier molecular flexibility index (Phi) is 4.49. The number of rotatable bonds is 6. The molecule has 5 nitrogen and oxygen atoms in total. The molecule has 0 amide bonds. The van der Waals surface area contributed by atoms with Crippen LogP contribution >= 0.6 is 0 Å². The van der Waals surface area contributed by atoms with Crippen LogP contribution in [0, 0.1) is 0 Å². The highest BCUT2D eigenvalue weighted by molar-refractivity contribution is 7.92. The quantitative estimate of drug-likeness (QED) is 0.712. The van der Waals surface area contributed by atoms with Gasteiger partial charge in [-0.3, -0.25) is 4.72 Å². The molecule has 2 N–H and O–H groups in total. The summed E-state index contributed by atoms with van der Waals surface area (Å²) in [5.74, 6) is 0.615. The molecule has 0 fully saturated rings. The van der Waals surface area contributed by atoms with Crippen molar-refractivity contribution < 1.29 is 13.2 Å². The maximum Gasteiger partial charge on any atom is 0.261 e. The van der Waals surface area contributed by atoms with E-state index in [4.69, 9.17) is 4.74 Å². The lowest BCUT2D eigenvalue weighted by atomic mass is 10.1. The Bertz CT molecular complexity index is 944. The molecule has 0 aliphatic carbocycles. The second-order valence-electron chi connectivity index (χ2n) is 5.57. The molecule has 0 bridgehead atoms. The number of benzene rings is 2. The van der Waals surface area contributed by atoms with E-state index in [0.29, 0.717) is 11.4 Å². The lowest BCUT2D eigenvalue weighted by molar-refractivity contribution is 0.414. The zero-order valence-corrected chi connectivity index (χ0v) is 14.5. The smallest absolute Gasteiger partial charge is 0.261 e. The van der Waals surface area contributed by atoms with E-state index >= 15 is 0 Å². The number of ether oxygens (including phenoxy) is 1. The molecule has 0 radical (unpaired) electrons. The monoisotopic (exact) mass is 344 g/mol. The van der Waals surface area contributed by atoms with Gasteiger partial charge in [0.2, 0.25) is 0 Å². The zero-order chi connectivity index (χ0) is 17.2. The van der Waals surface area contributed by atoms with Crippen molar-refractivity contribution in [3.63, 3.8) is 0 Å². The fourth-order valence-corrected chi connectivity index (χ4v) is 3.80. The number of aromatic amines is 1. The summed E-state index contributed by atoms with van der Waals surface area (Å²) in [4.78, 5) is 3.38. The maximum absolute atomic E-state index is 12.6. The molecule has 3 aromatic rings. The number of hydrogen-bond acceptors (Lipinski definition) is 3. The maximum atomic E-state index is 12.6. The van der Waals surface area contributed by atoms with Crippen LogP contribution in [0.5, 0.6) is 5.75 Å². The van der Waals surface area contributed by atoms with E-state index < -0.39 is 10.0 Å². The summed E-state index contributed by atoms with van der Waals surface area (Å²) in [6.45, 7) is 2.12. The van der Waals surface area contributed by atoms with Crippen molar-refractivity contribution >= 4 is 26.6 Å². The van der Waals surface area contributed by atoms with E-state index in [2.05, 4.69) is 16.6 Å². The topological polar surface area (TPSA) is 71.2 Å². The van der Waals surface area contributed by atoms with Gasteiger partial charge in [-0.1, -0.05) is 25.5 Å². The van der Waals surface area contributed by atoms with E-state index in [9.17, 15) is 8.42 Å². The van der Waals surface area contributed by atoms with E-state index in [1.165, 1.54) is 17.7 Å². The third-order valence-electron chi connectivity index (χ3n) is 3.93. The van der Waals surface area contributed by atoms with Gasteiger partial charge in [0, 0.05) is 11.6 Å². The van der Waals surface area contributed by atoms with Crippen molar-refractivity contribution in [1.29, 1.82) is 0 Å². The summed E-state index contributed by atoms with van der Waals surface area (Å²) in [7, 11) is -2.12. The number of hydrogen-bond donors (Lipinski definition) is 2. The number of para-hydroxylation sites is 1. The molecule has 0 unspecified atom stereocenters. The summed E-state index contributed by atoms with van der Waals surface area (Å²) in [6, 6.07) is 11.9. The average Bonchev–Trinajstić information content (AvgIpc) is 2.99. The molecule has 126 valence electrons. The first-order valence-electron chi connectivity index (χ1n) is 7.81. The summed E-state index contributed by atoms with van der Waals surface area (Å²) in [5, 5.41) is 1.05. The van der Waals surface area contributed by atoms with Gasteiger partial charge < -0.3 is 9.72 Å². The Morgan fingerprint density at radius 1 is 1.12 bits per heavy atom. The van der Waals surface area contributed by atoms with E-state index in [1.807, 2.05) is 18.3 Å². The van der Waals surface area contributed by atoms with Crippen LogP contribution in [0.1, 0.15) is 18.9 Å².